The number of nitrogens with zero attached hydrogens (tertiary/aromatic N) is 2. The minimum atomic E-state index is -0.200. The van der Waals surface area contributed by atoms with Crippen LogP contribution in [0.4, 0.5) is 0 Å². The molecular weight excluding hydrogens is 378 g/mol. The molecule has 4 rings (SSSR count). The number of hydrogen-bond donors (Lipinski definition) is 1. The summed E-state index contributed by atoms with van der Waals surface area (Å²) < 4.78 is 12.7. The van der Waals surface area contributed by atoms with E-state index in [0.29, 0.717) is 30.2 Å². The number of hydrogen-bond acceptors (Lipinski definition) is 4. The van der Waals surface area contributed by atoms with Crippen molar-refractivity contribution in [2.45, 2.75) is 13.1 Å². The Balaban J connectivity index is 1.58. The van der Waals surface area contributed by atoms with E-state index in [2.05, 4.69) is 22.0 Å². The Labute approximate surface area is 175 Å². The van der Waals surface area contributed by atoms with Crippen LogP contribution in [-0.2, 0) is 13.1 Å². The first-order chi connectivity index (χ1) is 14.7. The maximum Gasteiger partial charge on any atom is 0.251 e. The zero-order valence-corrected chi connectivity index (χ0v) is 17.0. The third-order valence-electron chi connectivity index (χ3n) is 4.97. The van der Waals surface area contributed by atoms with Gasteiger partial charge in [-0.15, -0.1) is 0 Å². The molecule has 3 aromatic carbocycles. The first kappa shape index (κ1) is 19.5. The predicted octanol–water partition coefficient (Wildman–Crippen LogP) is 4.03. The van der Waals surface area contributed by atoms with Crippen molar-refractivity contribution in [2.75, 3.05) is 14.2 Å². The van der Waals surface area contributed by atoms with Gasteiger partial charge in [0, 0.05) is 12.1 Å². The molecule has 0 saturated heterocycles. The normalized spacial score (nSPS) is 10.7. The summed E-state index contributed by atoms with van der Waals surface area (Å²) in [6.07, 6.45) is 0. The number of amides is 1. The van der Waals surface area contributed by atoms with E-state index in [-0.39, 0.29) is 5.91 Å². The molecule has 0 aliphatic rings. The molecule has 0 bridgehead atoms. The van der Waals surface area contributed by atoms with Gasteiger partial charge in [-0.3, -0.25) is 4.79 Å². The molecule has 0 fully saturated rings. The number of fused-ring (bicyclic) bond motifs is 1. The Morgan fingerprint density at radius 2 is 1.67 bits per heavy atom. The number of methoxy groups -OCH3 is 2. The van der Waals surface area contributed by atoms with E-state index in [0.717, 1.165) is 16.9 Å². The average Bonchev–Trinajstić information content (AvgIpc) is 3.15. The maximum absolute atomic E-state index is 12.7. The molecule has 0 atom stereocenters. The minimum Gasteiger partial charge on any atom is -0.493 e. The van der Waals surface area contributed by atoms with Crippen molar-refractivity contribution in [3.63, 3.8) is 0 Å². The van der Waals surface area contributed by atoms with Crippen LogP contribution in [0.25, 0.3) is 11.0 Å². The fraction of sp³-hybridized carbons (Fsp3) is 0.167. The Kier molecular flexibility index (Phi) is 5.66. The molecule has 1 amide bonds. The van der Waals surface area contributed by atoms with Crippen molar-refractivity contribution in [3.05, 3.63) is 89.7 Å². The fourth-order valence-corrected chi connectivity index (χ4v) is 3.44. The first-order valence-electron chi connectivity index (χ1n) is 9.68. The molecule has 0 radical (unpaired) electrons. The number of carbonyl (C=O) groups excluding carboxylic acids is 1. The lowest BCUT2D eigenvalue weighted by Gasteiger charge is -2.12. The van der Waals surface area contributed by atoms with Crippen LogP contribution in [0.5, 0.6) is 11.5 Å². The van der Waals surface area contributed by atoms with Crippen LogP contribution >= 0.6 is 0 Å². The van der Waals surface area contributed by atoms with Crippen LogP contribution < -0.4 is 14.8 Å². The van der Waals surface area contributed by atoms with Gasteiger partial charge in [-0.2, -0.15) is 0 Å². The SMILES string of the molecule is COc1ccc(C(=O)NCc2nc3ccccc3n2Cc2ccccc2)cc1OC. The number of imidazole rings is 1. The van der Waals surface area contributed by atoms with E-state index >= 15 is 0 Å². The third-order valence-corrected chi connectivity index (χ3v) is 4.97. The number of para-hydroxylation sites is 2. The molecule has 0 saturated carbocycles. The van der Waals surface area contributed by atoms with E-state index in [4.69, 9.17) is 14.5 Å². The predicted molar refractivity (Wildman–Crippen MR) is 116 cm³/mol. The smallest absolute Gasteiger partial charge is 0.251 e. The lowest BCUT2D eigenvalue weighted by molar-refractivity contribution is 0.0949. The van der Waals surface area contributed by atoms with E-state index in [1.807, 2.05) is 42.5 Å². The van der Waals surface area contributed by atoms with E-state index in [1.54, 1.807) is 32.4 Å². The molecule has 0 unspecified atom stereocenters. The molecule has 0 spiro atoms. The molecule has 6 nitrogen and oxygen atoms in total. The van der Waals surface area contributed by atoms with Crippen LogP contribution in [-0.4, -0.2) is 29.7 Å². The second-order valence-electron chi connectivity index (χ2n) is 6.84. The highest BCUT2D eigenvalue weighted by atomic mass is 16.5. The van der Waals surface area contributed by atoms with Gasteiger partial charge in [0.05, 0.1) is 31.8 Å². The van der Waals surface area contributed by atoms with Crippen LogP contribution in [0.1, 0.15) is 21.7 Å². The fourth-order valence-electron chi connectivity index (χ4n) is 3.44. The minimum absolute atomic E-state index is 0.200. The second-order valence-corrected chi connectivity index (χ2v) is 6.84. The number of rotatable bonds is 7. The molecule has 1 aromatic heterocycles. The van der Waals surface area contributed by atoms with Crippen LogP contribution in [0.3, 0.4) is 0 Å². The molecule has 4 aromatic rings. The molecule has 1 heterocycles. The number of nitrogens with one attached hydrogen (secondary N) is 1. The van der Waals surface area contributed by atoms with Crippen molar-refractivity contribution in [3.8, 4) is 11.5 Å². The van der Waals surface area contributed by atoms with Crippen molar-refractivity contribution >= 4 is 16.9 Å². The Bertz CT molecular complexity index is 1170. The number of ether oxygens (including phenoxy) is 2. The molecule has 6 heteroatoms. The monoisotopic (exact) mass is 401 g/mol. The molecular formula is C24H23N3O3. The summed E-state index contributed by atoms with van der Waals surface area (Å²) in [4.78, 5) is 17.5. The molecule has 1 N–H and O–H groups in total. The summed E-state index contributed by atoms with van der Waals surface area (Å²) in [6, 6.07) is 23.3. The number of benzene rings is 3. The van der Waals surface area contributed by atoms with Crippen molar-refractivity contribution in [2.24, 2.45) is 0 Å². The topological polar surface area (TPSA) is 65.4 Å². The van der Waals surface area contributed by atoms with E-state index in [9.17, 15) is 4.79 Å². The average molecular weight is 401 g/mol. The standard InChI is InChI=1S/C24H23N3O3/c1-29-21-13-12-18(14-22(21)30-2)24(28)25-15-23-26-19-10-6-7-11-20(19)27(23)16-17-8-4-3-5-9-17/h3-14H,15-16H2,1-2H3,(H,25,28). The molecule has 0 aliphatic heterocycles. The first-order valence-corrected chi connectivity index (χ1v) is 9.68. The second kappa shape index (κ2) is 8.69. The lowest BCUT2D eigenvalue weighted by atomic mass is 10.2. The Morgan fingerprint density at radius 3 is 2.43 bits per heavy atom. The quantitative estimate of drug-likeness (QED) is 0.508. The van der Waals surface area contributed by atoms with Crippen LogP contribution in [0.2, 0.25) is 0 Å². The number of carbonyl (C=O) groups is 1. The summed E-state index contributed by atoms with van der Waals surface area (Å²) in [5, 5.41) is 2.97. The van der Waals surface area contributed by atoms with Gasteiger partial charge < -0.3 is 19.4 Å². The maximum atomic E-state index is 12.7. The highest BCUT2D eigenvalue weighted by Gasteiger charge is 2.14. The summed E-state index contributed by atoms with van der Waals surface area (Å²) in [6.45, 7) is 0.998. The van der Waals surface area contributed by atoms with Crippen molar-refractivity contribution < 1.29 is 14.3 Å². The van der Waals surface area contributed by atoms with Gasteiger partial charge in [-0.25, -0.2) is 4.98 Å². The van der Waals surface area contributed by atoms with Gasteiger partial charge in [0.25, 0.3) is 5.91 Å². The van der Waals surface area contributed by atoms with Gasteiger partial charge in [0.15, 0.2) is 11.5 Å². The zero-order chi connectivity index (χ0) is 20.9. The van der Waals surface area contributed by atoms with Crippen LogP contribution in [0, 0.1) is 0 Å². The summed E-state index contributed by atoms with van der Waals surface area (Å²) >= 11 is 0. The molecule has 30 heavy (non-hydrogen) atoms. The summed E-state index contributed by atoms with van der Waals surface area (Å²) in [5.74, 6) is 1.70. The highest BCUT2D eigenvalue weighted by molar-refractivity contribution is 5.94. The zero-order valence-electron chi connectivity index (χ0n) is 17.0. The van der Waals surface area contributed by atoms with E-state index < -0.39 is 0 Å². The van der Waals surface area contributed by atoms with Gasteiger partial charge in [-0.05, 0) is 35.9 Å². The van der Waals surface area contributed by atoms with Crippen molar-refractivity contribution in [1.29, 1.82) is 0 Å². The van der Waals surface area contributed by atoms with Crippen LogP contribution in [0.15, 0.2) is 72.8 Å². The Morgan fingerprint density at radius 1 is 0.933 bits per heavy atom. The number of aromatic nitrogens is 2. The largest absolute Gasteiger partial charge is 0.493 e. The highest BCUT2D eigenvalue weighted by Crippen LogP contribution is 2.27. The molecule has 0 aliphatic carbocycles. The van der Waals surface area contributed by atoms with Gasteiger partial charge in [-0.1, -0.05) is 42.5 Å². The van der Waals surface area contributed by atoms with Gasteiger partial charge in [0.2, 0.25) is 0 Å². The molecule has 152 valence electrons. The lowest BCUT2D eigenvalue weighted by Crippen LogP contribution is -2.25. The van der Waals surface area contributed by atoms with Crippen molar-refractivity contribution in [1.82, 2.24) is 14.9 Å². The van der Waals surface area contributed by atoms with Gasteiger partial charge in [0.1, 0.15) is 5.82 Å². The van der Waals surface area contributed by atoms with E-state index in [1.165, 1.54) is 5.56 Å². The Hall–Kier alpha value is -3.80. The third kappa shape index (κ3) is 3.98. The van der Waals surface area contributed by atoms with Gasteiger partial charge >= 0.3 is 0 Å². The summed E-state index contributed by atoms with van der Waals surface area (Å²) in [7, 11) is 3.11. The summed E-state index contributed by atoms with van der Waals surface area (Å²) in [5.41, 5.74) is 3.62.